The van der Waals surface area contributed by atoms with Gasteiger partial charge in [-0.15, -0.1) is 26.3 Å². The van der Waals surface area contributed by atoms with Crippen molar-refractivity contribution in [2.75, 3.05) is 0 Å². The van der Waals surface area contributed by atoms with Crippen LogP contribution in [0.4, 0.5) is 26.3 Å². The standard InChI is InChI=1S/C9H4Cl2F6O2.C3H8.C2H6/c1-3-6(10)4(18-8(12,13)14)2-5(7(3)11)19-9(15,16)17;1-3-2;1-2/h2H,1H3;3H2,1-2H3;1-2H3. The second-order valence-electron chi connectivity index (χ2n) is 3.93. The monoisotopic (exact) mass is 402 g/mol. The van der Waals surface area contributed by atoms with Crippen molar-refractivity contribution in [2.45, 2.75) is 53.8 Å². The summed E-state index contributed by atoms with van der Waals surface area (Å²) >= 11 is 11.0. The van der Waals surface area contributed by atoms with Crippen LogP contribution in [0.2, 0.25) is 10.0 Å². The van der Waals surface area contributed by atoms with Gasteiger partial charge in [-0.3, -0.25) is 0 Å². The molecule has 1 aromatic carbocycles. The molecule has 0 aliphatic rings. The molecule has 0 aliphatic heterocycles. The van der Waals surface area contributed by atoms with Crippen molar-refractivity contribution in [3.63, 3.8) is 0 Å². The summed E-state index contributed by atoms with van der Waals surface area (Å²) in [5.74, 6) is -2.06. The molecular weight excluding hydrogens is 385 g/mol. The molecule has 0 N–H and O–H groups in total. The van der Waals surface area contributed by atoms with E-state index in [0.717, 1.165) is 6.92 Å². The molecule has 0 saturated heterocycles. The molecular formula is C14H18Cl2F6O2. The average molecular weight is 403 g/mol. The molecule has 2 nitrogen and oxygen atoms in total. The van der Waals surface area contributed by atoms with E-state index in [0.29, 0.717) is 6.07 Å². The topological polar surface area (TPSA) is 18.5 Å². The van der Waals surface area contributed by atoms with Crippen molar-refractivity contribution in [2.24, 2.45) is 0 Å². The summed E-state index contributed by atoms with van der Waals surface area (Å²) in [7, 11) is 0. The molecule has 0 radical (unpaired) electrons. The summed E-state index contributed by atoms with van der Waals surface area (Å²) in [5, 5.41) is -1.12. The fourth-order valence-corrected chi connectivity index (χ4v) is 1.53. The first-order valence-electron chi connectivity index (χ1n) is 6.82. The van der Waals surface area contributed by atoms with Crippen LogP contribution in [0.5, 0.6) is 11.5 Å². The summed E-state index contributed by atoms with van der Waals surface area (Å²) in [6.45, 7) is 9.37. The van der Waals surface area contributed by atoms with Crippen molar-refractivity contribution in [1.29, 1.82) is 0 Å². The average Bonchev–Trinajstić information content (AvgIpc) is 2.42. The molecule has 0 atom stereocenters. The number of halogens is 8. The van der Waals surface area contributed by atoms with E-state index >= 15 is 0 Å². The minimum absolute atomic E-state index is 0.232. The second-order valence-corrected chi connectivity index (χ2v) is 4.68. The van der Waals surface area contributed by atoms with Crippen LogP contribution >= 0.6 is 23.2 Å². The lowest BCUT2D eigenvalue weighted by molar-refractivity contribution is -0.276. The number of benzene rings is 1. The van der Waals surface area contributed by atoms with Gasteiger partial charge in [0.05, 0.1) is 10.0 Å². The van der Waals surface area contributed by atoms with Gasteiger partial charge in [0.15, 0.2) is 11.5 Å². The first-order valence-corrected chi connectivity index (χ1v) is 7.58. The van der Waals surface area contributed by atoms with Crippen molar-refractivity contribution in [3.05, 3.63) is 21.7 Å². The molecule has 0 amide bonds. The predicted molar refractivity (Wildman–Crippen MR) is 81.9 cm³/mol. The maximum absolute atomic E-state index is 12.0. The maximum atomic E-state index is 12.0. The van der Waals surface area contributed by atoms with Crippen LogP contribution < -0.4 is 9.47 Å². The van der Waals surface area contributed by atoms with Crippen LogP contribution in [0, 0.1) is 6.92 Å². The number of ether oxygens (including phenoxy) is 2. The van der Waals surface area contributed by atoms with Crippen LogP contribution in [0.3, 0.4) is 0 Å². The van der Waals surface area contributed by atoms with Gasteiger partial charge in [0.1, 0.15) is 0 Å². The van der Waals surface area contributed by atoms with Crippen molar-refractivity contribution < 1.29 is 35.8 Å². The molecule has 10 heteroatoms. The molecule has 0 saturated carbocycles. The third kappa shape index (κ3) is 9.97. The third-order valence-electron chi connectivity index (χ3n) is 1.80. The van der Waals surface area contributed by atoms with Gasteiger partial charge in [0, 0.05) is 6.07 Å². The molecule has 0 heterocycles. The predicted octanol–water partition coefficient (Wildman–Crippen LogP) is 7.54. The zero-order chi connectivity index (χ0) is 19.7. The van der Waals surface area contributed by atoms with Crippen molar-refractivity contribution >= 4 is 23.2 Å². The Kier molecular flexibility index (Phi) is 11.3. The summed E-state index contributed by atoms with van der Waals surface area (Å²) in [5.41, 5.74) is -0.232. The molecule has 0 spiro atoms. The lowest BCUT2D eigenvalue weighted by atomic mass is 10.2. The Balaban J connectivity index is 0. The molecule has 0 fully saturated rings. The Morgan fingerprint density at radius 3 is 1.29 bits per heavy atom. The second kappa shape index (κ2) is 10.8. The highest BCUT2D eigenvalue weighted by molar-refractivity contribution is 6.37. The van der Waals surface area contributed by atoms with Gasteiger partial charge in [-0.1, -0.05) is 57.3 Å². The Labute approximate surface area is 146 Å². The van der Waals surface area contributed by atoms with Crippen LogP contribution in [-0.4, -0.2) is 12.7 Å². The van der Waals surface area contributed by atoms with Crippen molar-refractivity contribution in [1.82, 2.24) is 0 Å². The fourth-order valence-electron chi connectivity index (χ4n) is 1.11. The van der Waals surface area contributed by atoms with Gasteiger partial charge in [-0.05, 0) is 12.5 Å². The molecule has 0 aliphatic carbocycles. The van der Waals surface area contributed by atoms with Gasteiger partial charge in [-0.25, -0.2) is 0 Å². The summed E-state index contributed by atoms with van der Waals surface area (Å²) in [6.07, 6.45) is -8.97. The van der Waals surface area contributed by atoms with Crippen LogP contribution in [0.25, 0.3) is 0 Å². The molecule has 1 rings (SSSR count). The Hall–Kier alpha value is -1.02. The summed E-state index contributed by atoms with van der Waals surface area (Å²) < 4.78 is 79.2. The van der Waals surface area contributed by atoms with E-state index in [1.54, 1.807) is 0 Å². The van der Waals surface area contributed by atoms with E-state index in [-0.39, 0.29) is 5.56 Å². The van der Waals surface area contributed by atoms with Gasteiger partial charge in [-0.2, -0.15) is 0 Å². The highest BCUT2D eigenvalue weighted by Crippen LogP contribution is 2.43. The largest absolute Gasteiger partial charge is 0.573 e. The third-order valence-corrected chi connectivity index (χ3v) is 2.74. The number of hydrogen-bond acceptors (Lipinski definition) is 2. The molecule has 142 valence electrons. The molecule has 0 bridgehead atoms. The zero-order valence-corrected chi connectivity index (χ0v) is 15.1. The summed E-state index contributed by atoms with van der Waals surface area (Å²) in [4.78, 5) is 0. The number of hydrogen-bond donors (Lipinski definition) is 0. The Bertz CT molecular complexity index is 461. The van der Waals surface area contributed by atoms with E-state index in [1.165, 1.54) is 6.42 Å². The quantitative estimate of drug-likeness (QED) is 0.475. The molecule has 24 heavy (non-hydrogen) atoms. The SMILES string of the molecule is CC.CCC.Cc1c(Cl)c(OC(F)(F)F)cc(OC(F)(F)F)c1Cl. The van der Waals surface area contributed by atoms with E-state index in [1.807, 2.05) is 13.8 Å². The van der Waals surface area contributed by atoms with Crippen LogP contribution in [0.15, 0.2) is 6.07 Å². The lowest BCUT2D eigenvalue weighted by Crippen LogP contribution is -2.19. The van der Waals surface area contributed by atoms with E-state index in [2.05, 4.69) is 23.3 Å². The van der Waals surface area contributed by atoms with Gasteiger partial charge < -0.3 is 9.47 Å². The maximum Gasteiger partial charge on any atom is 0.573 e. The zero-order valence-electron chi connectivity index (χ0n) is 13.6. The first-order chi connectivity index (χ1) is 10.8. The normalized spacial score (nSPS) is 10.9. The Morgan fingerprint density at radius 1 is 0.833 bits per heavy atom. The first kappa shape index (κ1) is 25.2. The molecule has 0 unspecified atom stereocenters. The highest BCUT2D eigenvalue weighted by Gasteiger charge is 2.36. The number of alkyl halides is 6. The number of rotatable bonds is 2. The van der Waals surface area contributed by atoms with Crippen molar-refractivity contribution in [3.8, 4) is 11.5 Å². The van der Waals surface area contributed by atoms with Gasteiger partial charge in [0.2, 0.25) is 0 Å². The molecule has 1 aromatic rings. The fraction of sp³-hybridized carbons (Fsp3) is 0.571. The Morgan fingerprint density at radius 2 is 1.08 bits per heavy atom. The van der Waals surface area contributed by atoms with Gasteiger partial charge >= 0.3 is 12.7 Å². The summed E-state index contributed by atoms with van der Waals surface area (Å²) in [6, 6.07) is 0.318. The minimum atomic E-state index is -5.11. The van der Waals surface area contributed by atoms with E-state index < -0.39 is 34.3 Å². The van der Waals surface area contributed by atoms with Gasteiger partial charge in [0.25, 0.3) is 0 Å². The van der Waals surface area contributed by atoms with E-state index in [4.69, 9.17) is 23.2 Å². The van der Waals surface area contributed by atoms with E-state index in [9.17, 15) is 26.3 Å². The highest BCUT2D eigenvalue weighted by atomic mass is 35.5. The molecule has 0 aromatic heterocycles. The lowest BCUT2D eigenvalue weighted by Gasteiger charge is -2.16. The minimum Gasteiger partial charge on any atom is -0.404 e. The smallest absolute Gasteiger partial charge is 0.404 e. The van der Waals surface area contributed by atoms with Crippen LogP contribution in [-0.2, 0) is 0 Å². The van der Waals surface area contributed by atoms with Crippen LogP contribution in [0.1, 0.15) is 39.7 Å².